The van der Waals surface area contributed by atoms with Gasteiger partial charge in [-0.15, -0.1) is 0 Å². The van der Waals surface area contributed by atoms with Gasteiger partial charge in [0.25, 0.3) is 0 Å². The number of ether oxygens (including phenoxy) is 1. The van der Waals surface area contributed by atoms with E-state index in [0.29, 0.717) is 18.3 Å². The Morgan fingerprint density at radius 2 is 1.60 bits per heavy atom. The maximum absolute atomic E-state index is 5.74. The molecule has 1 atom stereocenters. The molecule has 2 N–H and O–H groups in total. The fourth-order valence-electron chi connectivity index (χ4n) is 2.58. The van der Waals surface area contributed by atoms with Crippen LogP contribution in [0.2, 0.25) is 0 Å². The maximum atomic E-state index is 5.74. The highest BCUT2D eigenvalue weighted by molar-refractivity contribution is 5.63. The standard InChI is InChI=1S/C21H23N3O/c1-16(15-22)17-6-8-18(9-7-17)24(2)19-10-12-20(13-11-19)25-21-5-3-4-14-23-21/h3-14,16H,15,22H2,1-2H3. The van der Waals surface area contributed by atoms with Gasteiger partial charge in [0.1, 0.15) is 5.75 Å². The van der Waals surface area contributed by atoms with Crippen molar-refractivity contribution in [3.63, 3.8) is 0 Å². The number of nitrogens with zero attached hydrogens (tertiary/aromatic N) is 2. The summed E-state index contributed by atoms with van der Waals surface area (Å²) in [5, 5.41) is 0. The van der Waals surface area contributed by atoms with E-state index in [9.17, 15) is 0 Å². The molecule has 3 aromatic rings. The van der Waals surface area contributed by atoms with E-state index in [1.54, 1.807) is 6.20 Å². The lowest BCUT2D eigenvalue weighted by atomic mass is 10.0. The van der Waals surface area contributed by atoms with Gasteiger partial charge in [-0.3, -0.25) is 0 Å². The van der Waals surface area contributed by atoms with Gasteiger partial charge in [0.05, 0.1) is 0 Å². The average molecular weight is 333 g/mol. The zero-order valence-corrected chi connectivity index (χ0v) is 14.6. The third kappa shape index (κ3) is 4.17. The molecule has 0 saturated heterocycles. The van der Waals surface area contributed by atoms with Crippen LogP contribution in [0.5, 0.6) is 11.6 Å². The number of hydrogen-bond donors (Lipinski definition) is 1. The van der Waals surface area contributed by atoms with Crippen LogP contribution < -0.4 is 15.4 Å². The molecule has 4 nitrogen and oxygen atoms in total. The number of hydrogen-bond acceptors (Lipinski definition) is 4. The second-order valence-corrected chi connectivity index (χ2v) is 6.05. The molecule has 1 unspecified atom stereocenters. The second kappa shape index (κ2) is 7.81. The number of benzene rings is 2. The van der Waals surface area contributed by atoms with Crippen LogP contribution in [0.15, 0.2) is 72.9 Å². The first-order valence-corrected chi connectivity index (χ1v) is 8.40. The Kier molecular flexibility index (Phi) is 5.31. The number of rotatable bonds is 6. The number of aromatic nitrogens is 1. The molecule has 1 aromatic heterocycles. The minimum Gasteiger partial charge on any atom is -0.439 e. The van der Waals surface area contributed by atoms with Gasteiger partial charge in [0, 0.05) is 30.7 Å². The number of pyridine rings is 1. The minimum absolute atomic E-state index is 0.377. The third-order valence-electron chi connectivity index (χ3n) is 4.29. The summed E-state index contributed by atoms with van der Waals surface area (Å²) in [5.41, 5.74) is 9.22. The van der Waals surface area contributed by atoms with Gasteiger partial charge >= 0.3 is 0 Å². The molecule has 3 rings (SSSR count). The predicted molar refractivity (Wildman–Crippen MR) is 103 cm³/mol. The van der Waals surface area contributed by atoms with Crippen LogP contribution in [0.1, 0.15) is 18.4 Å². The van der Waals surface area contributed by atoms with E-state index in [2.05, 4.69) is 48.1 Å². The number of nitrogens with two attached hydrogens (primary N) is 1. The fraction of sp³-hybridized carbons (Fsp3) is 0.190. The molecule has 0 saturated carbocycles. The van der Waals surface area contributed by atoms with E-state index in [1.807, 2.05) is 42.5 Å². The van der Waals surface area contributed by atoms with Gasteiger partial charge < -0.3 is 15.4 Å². The van der Waals surface area contributed by atoms with Crippen LogP contribution >= 0.6 is 0 Å². The van der Waals surface area contributed by atoms with Crippen molar-refractivity contribution in [1.82, 2.24) is 4.98 Å². The third-order valence-corrected chi connectivity index (χ3v) is 4.29. The van der Waals surface area contributed by atoms with Gasteiger partial charge in [0.2, 0.25) is 5.88 Å². The van der Waals surface area contributed by atoms with Crippen molar-refractivity contribution >= 4 is 11.4 Å². The molecule has 4 heteroatoms. The van der Waals surface area contributed by atoms with Crippen molar-refractivity contribution in [3.05, 3.63) is 78.5 Å². The molecule has 128 valence electrons. The molecular formula is C21H23N3O. The van der Waals surface area contributed by atoms with E-state index >= 15 is 0 Å². The summed E-state index contributed by atoms with van der Waals surface area (Å²) in [7, 11) is 2.05. The van der Waals surface area contributed by atoms with Crippen LogP contribution in [-0.4, -0.2) is 18.6 Å². The zero-order chi connectivity index (χ0) is 17.6. The van der Waals surface area contributed by atoms with E-state index in [1.165, 1.54) is 5.56 Å². The highest BCUT2D eigenvalue weighted by Crippen LogP contribution is 2.28. The molecule has 0 radical (unpaired) electrons. The zero-order valence-electron chi connectivity index (χ0n) is 14.6. The van der Waals surface area contributed by atoms with Crippen LogP contribution in [0.25, 0.3) is 0 Å². The Bertz CT molecular complexity index is 786. The summed E-state index contributed by atoms with van der Waals surface area (Å²) in [6.45, 7) is 2.80. The first kappa shape index (κ1) is 17.0. The van der Waals surface area contributed by atoms with E-state index < -0.39 is 0 Å². The van der Waals surface area contributed by atoms with Crippen LogP contribution in [0.3, 0.4) is 0 Å². The summed E-state index contributed by atoms with van der Waals surface area (Å²) in [6, 6.07) is 22.1. The lowest BCUT2D eigenvalue weighted by molar-refractivity contribution is 0.463. The normalized spacial score (nSPS) is 11.8. The molecule has 0 bridgehead atoms. The Balaban J connectivity index is 1.71. The summed E-state index contributed by atoms with van der Waals surface area (Å²) < 4.78 is 5.73. The highest BCUT2D eigenvalue weighted by atomic mass is 16.5. The summed E-state index contributed by atoms with van der Waals surface area (Å²) in [5.74, 6) is 1.73. The van der Waals surface area contributed by atoms with Gasteiger partial charge in [-0.25, -0.2) is 4.98 Å². The van der Waals surface area contributed by atoms with Crippen LogP contribution in [-0.2, 0) is 0 Å². The molecule has 1 heterocycles. The van der Waals surface area contributed by atoms with E-state index in [4.69, 9.17) is 10.5 Å². The average Bonchev–Trinajstić information content (AvgIpc) is 2.68. The van der Waals surface area contributed by atoms with Crippen molar-refractivity contribution in [2.45, 2.75) is 12.8 Å². The van der Waals surface area contributed by atoms with Crippen molar-refractivity contribution < 1.29 is 4.74 Å². The second-order valence-electron chi connectivity index (χ2n) is 6.05. The maximum Gasteiger partial charge on any atom is 0.219 e. The highest BCUT2D eigenvalue weighted by Gasteiger charge is 2.07. The molecule has 0 fully saturated rings. The molecule has 0 spiro atoms. The van der Waals surface area contributed by atoms with Gasteiger partial charge in [0.15, 0.2) is 0 Å². The first-order chi connectivity index (χ1) is 12.2. The van der Waals surface area contributed by atoms with Gasteiger partial charge in [-0.2, -0.15) is 0 Å². The fourth-order valence-corrected chi connectivity index (χ4v) is 2.58. The molecule has 2 aromatic carbocycles. The quantitative estimate of drug-likeness (QED) is 0.710. The summed E-state index contributed by atoms with van der Waals surface area (Å²) in [4.78, 5) is 6.31. The monoisotopic (exact) mass is 333 g/mol. The summed E-state index contributed by atoms with van der Waals surface area (Å²) in [6.07, 6.45) is 1.71. The largest absolute Gasteiger partial charge is 0.439 e. The topological polar surface area (TPSA) is 51.4 Å². The molecule has 0 aliphatic heterocycles. The van der Waals surface area contributed by atoms with Crippen molar-refractivity contribution in [2.24, 2.45) is 5.73 Å². The molecule has 0 aliphatic carbocycles. The van der Waals surface area contributed by atoms with Crippen molar-refractivity contribution in [1.29, 1.82) is 0 Å². The first-order valence-electron chi connectivity index (χ1n) is 8.40. The minimum atomic E-state index is 0.377. The Hall–Kier alpha value is -2.85. The molecule has 0 amide bonds. The lowest BCUT2D eigenvalue weighted by Gasteiger charge is -2.20. The Morgan fingerprint density at radius 1 is 0.960 bits per heavy atom. The summed E-state index contributed by atoms with van der Waals surface area (Å²) >= 11 is 0. The predicted octanol–water partition coefficient (Wildman–Crippen LogP) is 4.70. The molecular weight excluding hydrogens is 310 g/mol. The smallest absolute Gasteiger partial charge is 0.219 e. The van der Waals surface area contributed by atoms with Gasteiger partial charge in [-0.1, -0.05) is 25.1 Å². The van der Waals surface area contributed by atoms with Crippen molar-refractivity contribution in [3.8, 4) is 11.6 Å². The molecule has 0 aliphatic rings. The van der Waals surface area contributed by atoms with Gasteiger partial charge in [-0.05, 0) is 60.5 Å². The molecule has 25 heavy (non-hydrogen) atoms. The van der Waals surface area contributed by atoms with E-state index in [-0.39, 0.29) is 0 Å². The lowest BCUT2D eigenvalue weighted by Crippen LogP contribution is -2.11. The Labute approximate surface area is 148 Å². The SMILES string of the molecule is CC(CN)c1ccc(N(C)c2ccc(Oc3ccccn3)cc2)cc1. The van der Waals surface area contributed by atoms with Crippen LogP contribution in [0.4, 0.5) is 11.4 Å². The van der Waals surface area contributed by atoms with E-state index in [0.717, 1.165) is 17.1 Å². The van der Waals surface area contributed by atoms with Crippen LogP contribution in [0, 0.1) is 0 Å². The number of anilines is 2. The van der Waals surface area contributed by atoms with Crippen molar-refractivity contribution in [2.75, 3.05) is 18.5 Å². The Morgan fingerprint density at radius 3 is 2.16 bits per heavy atom.